The molecule has 0 amide bonds. The Bertz CT molecular complexity index is 1590. The van der Waals surface area contributed by atoms with Gasteiger partial charge in [-0.05, 0) is 55.5 Å². The molecule has 35 heavy (non-hydrogen) atoms. The second-order valence-corrected chi connectivity index (χ2v) is 10.4. The lowest BCUT2D eigenvalue weighted by Crippen LogP contribution is -2.09. The summed E-state index contributed by atoms with van der Waals surface area (Å²) in [7, 11) is 0. The predicted octanol–water partition coefficient (Wildman–Crippen LogP) is 7.84. The molecule has 1 aliphatic heterocycles. The van der Waals surface area contributed by atoms with E-state index in [-0.39, 0.29) is 17.3 Å². The van der Waals surface area contributed by atoms with Crippen LogP contribution in [-0.4, -0.2) is 17.8 Å². The molecule has 0 radical (unpaired) electrons. The third kappa shape index (κ3) is 4.90. The maximum atomic E-state index is 12.7. The van der Waals surface area contributed by atoms with Crippen LogP contribution in [0.1, 0.15) is 26.4 Å². The Morgan fingerprint density at radius 3 is 2.74 bits per heavy atom. The summed E-state index contributed by atoms with van der Waals surface area (Å²) in [5, 5.41) is 1.81. The molecule has 2 heterocycles. The van der Waals surface area contributed by atoms with Gasteiger partial charge in [0, 0.05) is 25.1 Å². The number of benzene rings is 3. The van der Waals surface area contributed by atoms with Gasteiger partial charge in [-0.25, -0.2) is 14.6 Å². The first kappa shape index (κ1) is 23.8. The molecule has 0 atom stereocenters. The van der Waals surface area contributed by atoms with Gasteiger partial charge in [0.05, 0.1) is 10.6 Å². The highest BCUT2D eigenvalue weighted by atomic mass is 79.9. The van der Waals surface area contributed by atoms with Crippen LogP contribution in [0.15, 0.2) is 75.8 Å². The highest BCUT2D eigenvalue weighted by Gasteiger charge is 2.28. The number of aryl methyl sites for hydroxylation is 1. The Hall–Kier alpha value is -2.97. The van der Waals surface area contributed by atoms with E-state index in [1.165, 1.54) is 17.4 Å². The first-order valence-electron chi connectivity index (χ1n) is 10.3. The van der Waals surface area contributed by atoms with Crippen molar-refractivity contribution in [3.05, 3.63) is 102 Å². The Balaban J connectivity index is 1.50. The average molecular weight is 587 g/mol. The summed E-state index contributed by atoms with van der Waals surface area (Å²) in [6.07, 6.45) is 1.51. The third-order valence-electron chi connectivity index (χ3n) is 5.13. The van der Waals surface area contributed by atoms with Crippen molar-refractivity contribution in [3.8, 4) is 5.75 Å². The van der Waals surface area contributed by atoms with Gasteiger partial charge in [0.15, 0.2) is 5.70 Å². The molecule has 0 aliphatic carbocycles. The molecular weight excluding hydrogens is 573 g/mol. The molecule has 0 spiro atoms. The number of halogens is 3. The number of hydrogen-bond acceptors (Lipinski definition) is 6. The van der Waals surface area contributed by atoms with Crippen LogP contribution in [0.2, 0.25) is 10.0 Å². The number of esters is 2. The van der Waals surface area contributed by atoms with Crippen LogP contribution in [0.4, 0.5) is 0 Å². The number of rotatable bonds is 4. The van der Waals surface area contributed by atoms with Crippen molar-refractivity contribution < 1.29 is 19.1 Å². The van der Waals surface area contributed by atoms with Crippen LogP contribution in [-0.2, 0) is 9.53 Å². The van der Waals surface area contributed by atoms with Gasteiger partial charge in [0.1, 0.15) is 10.6 Å². The van der Waals surface area contributed by atoms with Crippen molar-refractivity contribution in [1.29, 1.82) is 0 Å². The first-order valence-corrected chi connectivity index (χ1v) is 12.6. The molecule has 9 heteroatoms. The summed E-state index contributed by atoms with van der Waals surface area (Å²) >= 11 is 17.4. The molecule has 5 nitrogen and oxygen atoms in total. The van der Waals surface area contributed by atoms with Crippen molar-refractivity contribution in [2.45, 2.75) is 6.92 Å². The molecule has 1 aromatic heterocycles. The van der Waals surface area contributed by atoms with Crippen molar-refractivity contribution in [1.82, 2.24) is 0 Å². The number of hydrogen-bond donors (Lipinski definition) is 0. The highest BCUT2D eigenvalue weighted by Crippen LogP contribution is 2.39. The van der Waals surface area contributed by atoms with Crippen LogP contribution in [0, 0.1) is 6.92 Å². The number of ether oxygens (including phenoxy) is 2. The Morgan fingerprint density at radius 1 is 1.11 bits per heavy atom. The number of cyclic esters (lactones) is 1. The SMILES string of the molecule is Cc1cccc(C(=O)Oc2ccc(Br)cc2/C=C2/N=C(c3sc4cc(Cl)ccc4c3Cl)OC2=O)c1. The van der Waals surface area contributed by atoms with Gasteiger partial charge in [-0.3, -0.25) is 0 Å². The van der Waals surface area contributed by atoms with Crippen LogP contribution < -0.4 is 4.74 Å². The van der Waals surface area contributed by atoms with Crippen molar-refractivity contribution >= 4 is 84.5 Å². The fourth-order valence-electron chi connectivity index (χ4n) is 3.49. The molecular formula is C26H14BrCl2NO4S. The topological polar surface area (TPSA) is 65.0 Å². The Labute approximate surface area is 222 Å². The summed E-state index contributed by atoms with van der Waals surface area (Å²) in [4.78, 5) is 30.2. The molecule has 0 bridgehead atoms. The van der Waals surface area contributed by atoms with E-state index in [0.717, 1.165) is 20.1 Å². The summed E-state index contributed by atoms with van der Waals surface area (Å²) in [6.45, 7) is 1.89. The summed E-state index contributed by atoms with van der Waals surface area (Å²) in [6, 6.07) is 17.6. The quantitative estimate of drug-likeness (QED) is 0.139. The lowest BCUT2D eigenvalue weighted by Gasteiger charge is -2.09. The maximum absolute atomic E-state index is 12.7. The predicted molar refractivity (Wildman–Crippen MR) is 143 cm³/mol. The van der Waals surface area contributed by atoms with E-state index in [4.69, 9.17) is 32.7 Å². The van der Waals surface area contributed by atoms with Crippen molar-refractivity contribution in [2.24, 2.45) is 4.99 Å². The van der Waals surface area contributed by atoms with Gasteiger partial charge in [-0.15, -0.1) is 11.3 Å². The molecule has 0 saturated carbocycles. The van der Waals surface area contributed by atoms with Crippen LogP contribution in [0.5, 0.6) is 5.75 Å². The standard InChI is InChI=1S/C26H14BrCl2NO4S/c1-13-3-2-4-14(9-13)25(31)33-20-8-5-16(27)10-15(20)11-19-26(32)34-24(30-19)23-22(29)18-7-6-17(28)12-21(18)35-23/h2-12H,1H3/b19-11+. The lowest BCUT2D eigenvalue weighted by atomic mass is 10.1. The molecule has 0 saturated heterocycles. The number of fused-ring (bicyclic) bond motifs is 1. The van der Waals surface area contributed by atoms with E-state index < -0.39 is 11.9 Å². The zero-order chi connectivity index (χ0) is 24.7. The summed E-state index contributed by atoms with van der Waals surface area (Å²) in [5.41, 5.74) is 1.89. The van der Waals surface area contributed by atoms with E-state index in [2.05, 4.69) is 20.9 Å². The first-order chi connectivity index (χ1) is 16.8. The fraction of sp³-hybridized carbons (Fsp3) is 0.0385. The molecule has 0 fully saturated rings. The molecule has 174 valence electrons. The monoisotopic (exact) mass is 585 g/mol. The summed E-state index contributed by atoms with van der Waals surface area (Å²) < 4.78 is 12.6. The number of thiophene rings is 1. The molecule has 4 aromatic rings. The van der Waals surface area contributed by atoms with Crippen molar-refractivity contribution in [2.75, 3.05) is 0 Å². The Morgan fingerprint density at radius 2 is 1.94 bits per heavy atom. The second-order valence-electron chi connectivity index (χ2n) is 7.66. The molecule has 0 N–H and O–H groups in total. The maximum Gasteiger partial charge on any atom is 0.363 e. The number of carbonyl (C=O) groups is 2. The highest BCUT2D eigenvalue weighted by molar-refractivity contribution is 9.10. The number of aliphatic imine (C=N–C) groups is 1. The molecule has 3 aromatic carbocycles. The van der Waals surface area contributed by atoms with Gasteiger partial charge in [-0.2, -0.15) is 0 Å². The smallest absolute Gasteiger partial charge is 0.363 e. The zero-order valence-corrected chi connectivity index (χ0v) is 21.9. The summed E-state index contributed by atoms with van der Waals surface area (Å²) in [5.74, 6) is -0.762. The van der Waals surface area contributed by atoms with E-state index in [1.54, 1.807) is 48.5 Å². The third-order valence-corrected chi connectivity index (χ3v) is 7.50. The number of nitrogens with zero attached hydrogens (tertiary/aromatic N) is 1. The minimum Gasteiger partial charge on any atom is -0.422 e. The lowest BCUT2D eigenvalue weighted by molar-refractivity contribution is -0.129. The fourth-order valence-corrected chi connectivity index (χ4v) is 5.58. The van der Waals surface area contributed by atoms with Gasteiger partial charge >= 0.3 is 11.9 Å². The van der Waals surface area contributed by atoms with E-state index in [1.807, 2.05) is 19.1 Å². The van der Waals surface area contributed by atoms with Gasteiger partial charge in [-0.1, -0.05) is 62.9 Å². The molecule has 0 unspecified atom stereocenters. The van der Waals surface area contributed by atoms with Gasteiger partial charge in [0.25, 0.3) is 0 Å². The van der Waals surface area contributed by atoms with E-state index in [9.17, 15) is 9.59 Å². The van der Waals surface area contributed by atoms with Crippen molar-refractivity contribution in [3.63, 3.8) is 0 Å². The van der Waals surface area contributed by atoms with Crippen LogP contribution >= 0.6 is 50.5 Å². The van der Waals surface area contributed by atoms with Gasteiger partial charge in [0.2, 0.25) is 5.90 Å². The molecule has 1 aliphatic rings. The normalized spacial score (nSPS) is 14.3. The van der Waals surface area contributed by atoms with Gasteiger partial charge < -0.3 is 9.47 Å². The van der Waals surface area contributed by atoms with Crippen LogP contribution in [0.3, 0.4) is 0 Å². The van der Waals surface area contributed by atoms with E-state index in [0.29, 0.717) is 26.0 Å². The minimum absolute atomic E-state index is 0.0532. The average Bonchev–Trinajstić information content (AvgIpc) is 3.34. The van der Waals surface area contributed by atoms with E-state index >= 15 is 0 Å². The largest absolute Gasteiger partial charge is 0.422 e. The van der Waals surface area contributed by atoms with Crippen LogP contribution in [0.25, 0.3) is 16.2 Å². The Kier molecular flexibility index (Phi) is 6.51. The zero-order valence-electron chi connectivity index (χ0n) is 18.0. The number of carbonyl (C=O) groups excluding carboxylic acids is 2. The second kappa shape index (κ2) is 9.59. The minimum atomic E-state index is -0.637. The molecule has 5 rings (SSSR count).